The van der Waals surface area contributed by atoms with Crippen LogP contribution in [-0.2, 0) is 9.59 Å². The van der Waals surface area contributed by atoms with Crippen LogP contribution >= 0.6 is 0 Å². The maximum Gasteiger partial charge on any atom is 0.308 e. The number of aliphatic carboxylic acids is 1. The molecular formula is C17H24N4O4. The minimum Gasteiger partial charge on any atom is -0.481 e. The van der Waals surface area contributed by atoms with Crippen LogP contribution in [0.4, 0.5) is 0 Å². The Morgan fingerprint density at radius 1 is 1.28 bits per heavy atom. The van der Waals surface area contributed by atoms with Gasteiger partial charge in [-0.3, -0.25) is 19.1 Å². The number of piperidine rings is 1. The van der Waals surface area contributed by atoms with Gasteiger partial charge in [0.05, 0.1) is 5.92 Å². The molecule has 1 unspecified atom stereocenters. The van der Waals surface area contributed by atoms with E-state index in [0.717, 1.165) is 0 Å². The van der Waals surface area contributed by atoms with E-state index in [1.54, 1.807) is 26.7 Å². The minimum absolute atomic E-state index is 0.0240. The summed E-state index contributed by atoms with van der Waals surface area (Å²) in [4.78, 5) is 39.4. The number of amides is 2. The van der Waals surface area contributed by atoms with Crippen molar-refractivity contribution >= 4 is 17.8 Å². The van der Waals surface area contributed by atoms with Crippen LogP contribution in [0.1, 0.15) is 49.6 Å². The van der Waals surface area contributed by atoms with Gasteiger partial charge in [0.1, 0.15) is 5.69 Å². The first-order valence-electron chi connectivity index (χ1n) is 8.73. The van der Waals surface area contributed by atoms with E-state index >= 15 is 0 Å². The quantitative estimate of drug-likeness (QED) is 0.876. The number of carboxylic acid groups (broad SMARTS) is 1. The van der Waals surface area contributed by atoms with Gasteiger partial charge >= 0.3 is 5.97 Å². The molecule has 0 radical (unpaired) electrons. The molecule has 0 aromatic carbocycles. The van der Waals surface area contributed by atoms with Gasteiger partial charge in [-0.15, -0.1) is 0 Å². The van der Waals surface area contributed by atoms with Crippen LogP contribution in [0.25, 0.3) is 0 Å². The third-order valence-corrected chi connectivity index (χ3v) is 5.08. The van der Waals surface area contributed by atoms with Crippen molar-refractivity contribution in [2.24, 2.45) is 5.92 Å². The maximum atomic E-state index is 12.7. The molecule has 2 aliphatic rings. The van der Waals surface area contributed by atoms with Crippen molar-refractivity contribution in [1.82, 2.24) is 19.6 Å². The fourth-order valence-electron chi connectivity index (χ4n) is 3.69. The Bertz CT molecular complexity index is 676. The van der Waals surface area contributed by atoms with E-state index in [1.807, 2.05) is 13.8 Å². The van der Waals surface area contributed by atoms with Gasteiger partial charge < -0.3 is 14.9 Å². The Hall–Kier alpha value is -2.38. The van der Waals surface area contributed by atoms with E-state index in [0.29, 0.717) is 31.6 Å². The smallest absolute Gasteiger partial charge is 0.308 e. The van der Waals surface area contributed by atoms with Gasteiger partial charge in [0.25, 0.3) is 5.91 Å². The summed E-state index contributed by atoms with van der Waals surface area (Å²) in [6, 6.07) is 1.87. The van der Waals surface area contributed by atoms with Crippen molar-refractivity contribution in [3.8, 4) is 0 Å². The number of carbonyl (C=O) groups is 3. The molecule has 136 valence electrons. The largest absolute Gasteiger partial charge is 0.481 e. The highest BCUT2D eigenvalue weighted by Crippen LogP contribution is 2.26. The van der Waals surface area contributed by atoms with E-state index in [1.165, 1.54) is 0 Å². The molecule has 2 saturated heterocycles. The Balaban J connectivity index is 1.60. The molecular weight excluding hydrogens is 324 g/mol. The summed E-state index contributed by atoms with van der Waals surface area (Å²) >= 11 is 0. The first-order valence-corrected chi connectivity index (χ1v) is 8.73. The summed E-state index contributed by atoms with van der Waals surface area (Å²) in [6.07, 6.45) is 3.08. The molecule has 0 spiro atoms. The van der Waals surface area contributed by atoms with Crippen LogP contribution in [0.15, 0.2) is 12.3 Å². The van der Waals surface area contributed by atoms with Gasteiger partial charge in [-0.25, -0.2) is 0 Å². The molecule has 25 heavy (non-hydrogen) atoms. The highest BCUT2D eigenvalue weighted by molar-refractivity contribution is 5.92. The Labute approximate surface area is 146 Å². The molecule has 8 nitrogen and oxygen atoms in total. The predicted octanol–water partition coefficient (Wildman–Crippen LogP) is 1.00. The fourth-order valence-corrected chi connectivity index (χ4v) is 3.69. The molecule has 3 heterocycles. The average Bonchev–Trinajstić information content (AvgIpc) is 3.21. The molecule has 8 heteroatoms. The fraction of sp³-hybridized carbons (Fsp3) is 0.647. The summed E-state index contributed by atoms with van der Waals surface area (Å²) in [5, 5.41) is 13.3. The lowest BCUT2D eigenvalue weighted by Crippen LogP contribution is -2.47. The highest BCUT2D eigenvalue weighted by atomic mass is 16.4. The molecule has 1 atom stereocenters. The first kappa shape index (κ1) is 17.4. The van der Waals surface area contributed by atoms with Crippen LogP contribution < -0.4 is 0 Å². The monoisotopic (exact) mass is 348 g/mol. The Kier molecular flexibility index (Phi) is 4.78. The number of likely N-dealkylation sites (tertiary alicyclic amines) is 2. The van der Waals surface area contributed by atoms with Crippen LogP contribution in [0.2, 0.25) is 0 Å². The van der Waals surface area contributed by atoms with Gasteiger partial charge in [-0.2, -0.15) is 5.10 Å². The molecule has 3 rings (SSSR count). The van der Waals surface area contributed by atoms with Crippen molar-refractivity contribution in [1.29, 1.82) is 0 Å². The number of nitrogens with zero attached hydrogens (tertiary/aromatic N) is 4. The van der Waals surface area contributed by atoms with Crippen LogP contribution in [0, 0.1) is 5.92 Å². The summed E-state index contributed by atoms with van der Waals surface area (Å²) in [5.74, 6) is -1.64. The molecule has 1 N–H and O–H groups in total. The maximum absolute atomic E-state index is 12.7. The van der Waals surface area contributed by atoms with Crippen molar-refractivity contribution in [3.05, 3.63) is 18.0 Å². The third-order valence-electron chi connectivity index (χ3n) is 5.08. The van der Waals surface area contributed by atoms with Crippen molar-refractivity contribution < 1.29 is 19.5 Å². The normalized spacial score (nSPS) is 22.0. The van der Waals surface area contributed by atoms with E-state index in [2.05, 4.69) is 5.10 Å². The highest BCUT2D eigenvalue weighted by Gasteiger charge is 2.39. The molecule has 0 aliphatic carbocycles. The molecule has 2 fully saturated rings. The molecule has 2 amide bonds. The van der Waals surface area contributed by atoms with Crippen molar-refractivity contribution in [3.63, 3.8) is 0 Å². The van der Waals surface area contributed by atoms with Crippen LogP contribution in [-0.4, -0.2) is 68.1 Å². The number of carbonyl (C=O) groups excluding carboxylic acids is 2. The van der Waals surface area contributed by atoms with Gasteiger partial charge in [0, 0.05) is 44.3 Å². The van der Waals surface area contributed by atoms with E-state index in [9.17, 15) is 14.4 Å². The van der Waals surface area contributed by atoms with Gasteiger partial charge in [0.2, 0.25) is 5.91 Å². The van der Waals surface area contributed by atoms with Crippen LogP contribution in [0.3, 0.4) is 0 Å². The third kappa shape index (κ3) is 3.38. The van der Waals surface area contributed by atoms with E-state index < -0.39 is 11.9 Å². The molecule has 0 saturated carbocycles. The second-order valence-corrected chi connectivity index (χ2v) is 7.06. The lowest BCUT2D eigenvalue weighted by Gasteiger charge is -2.36. The van der Waals surface area contributed by atoms with Crippen LogP contribution in [0.5, 0.6) is 0 Å². The second-order valence-electron chi connectivity index (χ2n) is 7.06. The number of aromatic nitrogens is 2. The van der Waals surface area contributed by atoms with E-state index in [4.69, 9.17) is 5.11 Å². The number of hydrogen-bond acceptors (Lipinski definition) is 4. The standard InChI is InChI=1S/C17H24N4O4/c1-11(2)21-14(3-6-18-21)16(23)19-7-4-13(5-8-19)20-10-12(17(24)25)9-15(20)22/h3,6,11-13H,4-5,7-10H2,1-2H3,(H,24,25). The van der Waals surface area contributed by atoms with Gasteiger partial charge in [-0.1, -0.05) is 0 Å². The number of carboxylic acids is 1. The Morgan fingerprint density at radius 3 is 2.52 bits per heavy atom. The zero-order valence-electron chi connectivity index (χ0n) is 14.6. The minimum atomic E-state index is -0.912. The van der Waals surface area contributed by atoms with Gasteiger partial charge in [-0.05, 0) is 32.8 Å². The summed E-state index contributed by atoms with van der Waals surface area (Å²) in [5.41, 5.74) is 0.580. The lowest BCUT2D eigenvalue weighted by atomic mass is 10.0. The Morgan fingerprint density at radius 2 is 1.96 bits per heavy atom. The molecule has 1 aromatic rings. The zero-order valence-corrected chi connectivity index (χ0v) is 14.6. The van der Waals surface area contributed by atoms with Crippen molar-refractivity contribution in [2.45, 2.75) is 45.2 Å². The number of rotatable bonds is 4. The zero-order chi connectivity index (χ0) is 18.1. The summed E-state index contributed by atoms with van der Waals surface area (Å²) < 4.78 is 1.72. The van der Waals surface area contributed by atoms with Crippen molar-refractivity contribution in [2.75, 3.05) is 19.6 Å². The molecule has 2 aliphatic heterocycles. The van der Waals surface area contributed by atoms with Gasteiger partial charge in [0.15, 0.2) is 0 Å². The SMILES string of the molecule is CC(C)n1nccc1C(=O)N1CCC(N2CC(C(=O)O)CC2=O)CC1. The van der Waals surface area contributed by atoms with E-state index in [-0.39, 0.29) is 36.9 Å². The summed E-state index contributed by atoms with van der Waals surface area (Å²) in [6.45, 7) is 5.37. The topological polar surface area (TPSA) is 95.7 Å². The summed E-state index contributed by atoms with van der Waals surface area (Å²) in [7, 11) is 0. The first-order chi connectivity index (χ1) is 11.9. The number of hydrogen-bond donors (Lipinski definition) is 1. The second kappa shape index (κ2) is 6.85. The molecule has 0 bridgehead atoms. The average molecular weight is 348 g/mol. The predicted molar refractivity (Wildman–Crippen MR) is 89.0 cm³/mol. The lowest BCUT2D eigenvalue weighted by molar-refractivity contribution is -0.141. The molecule has 1 aromatic heterocycles.